The number of carbonyl (C=O) groups excluding carboxylic acids is 1. The first-order chi connectivity index (χ1) is 12.7. The van der Waals surface area contributed by atoms with E-state index in [1.54, 1.807) is 24.3 Å². The highest BCUT2D eigenvalue weighted by molar-refractivity contribution is 7.92. The largest absolute Gasteiger partial charge is 0.352 e. The van der Waals surface area contributed by atoms with E-state index in [1.807, 2.05) is 11.3 Å². The van der Waals surface area contributed by atoms with Gasteiger partial charge in [-0.1, -0.05) is 6.92 Å². The SMILES string of the molecule is C[C@H]1c2sccc2CN(C)[C@@H]1CCNC(=O)c1ccc(NS(C)(=O)=O)cc1. The van der Waals surface area contributed by atoms with Crippen molar-refractivity contribution in [2.45, 2.75) is 31.8 Å². The van der Waals surface area contributed by atoms with E-state index in [0.29, 0.717) is 29.8 Å². The fourth-order valence-electron chi connectivity index (χ4n) is 3.63. The van der Waals surface area contributed by atoms with E-state index in [1.165, 1.54) is 10.4 Å². The van der Waals surface area contributed by atoms with Gasteiger partial charge in [-0.15, -0.1) is 11.3 Å². The van der Waals surface area contributed by atoms with Gasteiger partial charge >= 0.3 is 0 Å². The predicted molar refractivity (Wildman–Crippen MR) is 110 cm³/mol. The van der Waals surface area contributed by atoms with Gasteiger partial charge in [-0.25, -0.2) is 8.42 Å². The zero-order chi connectivity index (χ0) is 19.6. The van der Waals surface area contributed by atoms with Crippen LogP contribution in [0.4, 0.5) is 5.69 Å². The van der Waals surface area contributed by atoms with Gasteiger partial charge in [0.1, 0.15) is 0 Å². The first kappa shape index (κ1) is 19.9. The second kappa shape index (κ2) is 8.00. The van der Waals surface area contributed by atoms with Crippen LogP contribution in [0.15, 0.2) is 35.7 Å². The van der Waals surface area contributed by atoms with Gasteiger partial charge in [0.05, 0.1) is 6.26 Å². The molecule has 1 amide bonds. The van der Waals surface area contributed by atoms with Gasteiger partial charge in [0.25, 0.3) is 5.91 Å². The maximum atomic E-state index is 12.3. The van der Waals surface area contributed by atoms with Crippen molar-refractivity contribution in [2.24, 2.45) is 0 Å². The summed E-state index contributed by atoms with van der Waals surface area (Å²) in [5.74, 6) is 0.306. The van der Waals surface area contributed by atoms with E-state index in [4.69, 9.17) is 0 Å². The average Bonchev–Trinajstić information content (AvgIpc) is 3.05. The van der Waals surface area contributed by atoms with Crippen LogP contribution in [-0.2, 0) is 16.6 Å². The predicted octanol–water partition coefficient (Wildman–Crippen LogP) is 2.86. The molecule has 2 N–H and O–H groups in total. The molecular weight excluding hydrogens is 382 g/mol. The highest BCUT2D eigenvalue weighted by Crippen LogP contribution is 2.37. The molecule has 6 nitrogen and oxygen atoms in total. The van der Waals surface area contributed by atoms with Crippen LogP contribution in [0.2, 0.25) is 0 Å². The maximum absolute atomic E-state index is 12.3. The van der Waals surface area contributed by atoms with E-state index < -0.39 is 10.0 Å². The molecule has 3 rings (SSSR count). The summed E-state index contributed by atoms with van der Waals surface area (Å²) in [5, 5.41) is 5.13. The molecule has 0 radical (unpaired) electrons. The molecular formula is C19H25N3O3S2. The first-order valence-electron chi connectivity index (χ1n) is 8.87. The second-order valence-electron chi connectivity index (χ2n) is 7.08. The van der Waals surface area contributed by atoms with Gasteiger partial charge in [-0.05, 0) is 54.7 Å². The van der Waals surface area contributed by atoms with Crippen LogP contribution in [-0.4, -0.2) is 45.1 Å². The van der Waals surface area contributed by atoms with Gasteiger partial charge in [-0.2, -0.15) is 0 Å². The number of sulfonamides is 1. The number of thiophene rings is 1. The summed E-state index contributed by atoms with van der Waals surface area (Å²) in [7, 11) is -1.18. The lowest BCUT2D eigenvalue weighted by Crippen LogP contribution is -2.41. The molecule has 2 heterocycles. The Morgan fingerprint density at radius 3 is 2.63 bits per heavy atom. The summed E-state index contributed by atoms with van der Waals surface area (Å²) in [4.78, 5) is 16.2. The Morgan fingerprint density at radius 1 is 1.26 bits per heavy atom. The summed E-state index contributed by atoms with van der Waals surface area (Å²) in [6.45, 7) is 3.81. The number of benzene rings is 1. The van der Waals surface area contributed by atoms with E-state index >= 15 is 0 Å². The van der Waals surface area contributed by atoms with E-state index in [-0.39, 0.29) is 5.91 Å². The molecule has 1 aromatic heterocycles. The van der Waals surface area contributed by atoms with Crippen molar-refractivity contribution in [3.8, 4) is 0 Å². The minimum Gasteiger partial charge on any atom is -0.352 e. The maximum Gasteiger partial charge on any atom is 0.251 e. The van der Waals surface area contributed by atoms with Crippen molar-refractivity contribution < 1.29 is 13.2 Å². The Kier molecular flexibility index (Phi) is 5.88. The summed E-state index contributed by atoms with van der Waals surface area (Å²) in [6.07, 6.45) is 1.98. The van der Waals surface area contributed by atoms with Crippen molar-refractivity contribution >= 4 is 33.0 Å². The number of hydrogen-bond donors (Lipinski definition) is 2. The molecule has 0 spiro atoms. The topological polar surface area (TPSA) is 78.5 Å². The fraction of sp³-hybridized carbons (Fsp3) is 0.421. The molecule has 1 aromatic carbocycles. The van der Waals surface area contributed by atoms with E-state index in [0.717, 1.165) is 19.2 Å². The van der Waals surface area contributed by atoms with Crippen molar-refractivity contribution in [1.29, 1.82) is 0 Å². The minimum absolute atomic E-state index is 0.149. The van der Waals surface area contributed by atoms with Crippen molar-refractivity contribution in [2.75, 3.05) is 24.6 Å². The Morgan fingerprint density at radius 2 is 1.96 bits per heavy atom. The zero-order valence-electron chi connectivity index (χ0n) is 15.7. The van der Waals surface area contributed by atoms with Crippen LogP contribution < -0.4 is 10.0 Å². The molecule has 2 atom stereocenters. The molecule has 0 fully saturated rings. The van der Waals surface area contributed by atoms with Crippen LogP contribution in [0, 0.1) is 0 Å². The van der Waals surface area contributed by atoms with Gasteiger partial charge in [0.2, 0.25) is 10.0 Å². The average molecular weight is 408 g/mol. The number of likely N-dealkylation sites (N-methyl/N-ethyl adjacent to an activating group) is 1. The number of amides is 1. The highest BCUT2D eigenvalue weighted by atomic mass is 32.2. The monoisotopic (exact) mass is 407 g/mol. The normalized spacial score (nSPS) is 20.1. The summed E-state index contributed by atoms with van der Waals surface area (Å²) in [6, 6.07) is 9.02. The van der Waals surface area contributed by atoms with Gasteiger partial charge in [0.15, 0.2) is 0 Å². The van der Waals surface area contributed by atoms with Crippen LogP contribution in [0.3, 0.4) is 0 Å². The third kappa shape index (κ3) is 4.88. The van der Waals surface area contributed by atoms with Crippen LogP contribution in [0.1, 0.15) is 40.1 Å². The quantitative estimate of drug-likeness (QED) is 0.772. The van der Waals surface area contributed by atoms with Crippen molar-refractivity contribution in [1.82, 2.24) is 10.2 Å². The number of anilines is 1. The van der Waals surface area contributed by atoms with E-state index in [9.17, 15) is 13.2 Å². The number of carbonyl (C=O) groups is 1. The summed E-state index contributed by atoms with van der Waals surface area (Å²) < 4.78 is 24.8. The van der Waals surface area contributed by atoms with Crippen LogP contribution >= 0.6 is 11.3 Å². The Bertz CT molecular complexity index is 907. The number of rotatable bonds is 6. The van der Waals surface area contributed by atoms with Gasteiger partial charge in [-0.3, -0.25) is 14.4 Å². The molecule has 0 bridgehead atoms. The standard InChI is InChI=1S/C19H25N3O3S2/c1-13-17(22(2)12-15-9-11-26-18(13)15)8-10-20-19(23)14-4-6-16(7-5-14)21-27(3,24)25/h4-7,9,11,13,17,21H,8,10,12H2,1-3H3,(H,20,23)/t13-,17-/m1/s1. The van der Waals surface area contributed by atoms with Gasteiger partial charge in [0, 0.05) is 41.2 Å². The minimum atomic E-state index is -3.32. The van der Waals surface area contributed by atoms with Gasteiger partial charge < -0.3 is 5.32 Å². The number of nitrogens with one attached hydrogen (secondary N) is 2. The smallest absolute Gasteiger partial charge is 0.251 e. The molecule has 0 saturated carbocycles. The number of nitrogens with zero attached hydrogens (tertiary/aromatic N) is 1. The summed E-state index contributed by atoms with van der Waals surface area (Å²) >= 11 is 1.82. The molecule has 8 heteroatoms. The molecule has 0 unspecified atom stereocenters. The Labute approximate surface area is 164 Å². The Balaban J connectivity index is 1.54. The molecule has 0 aliphatic carbocycles. The lowest BCUT2D eigenvalue weighted by molar-refractivity contribution is 0.0945. The first-order valence-corrected chi connectivity index (χ1v) is 11.6. The third-order valence-electron chi connectivity index (χ3n) is 4.93. The zero-order valence-corrected chi connectivity index (χ0v) is 17.4. The number of hydrogen-bond acceptors (Lipinski definition) is 5. The van der Waals surface area contributed by atoms with Crippen LogP contribution in [0.25, 0.3) is 0 Å². The molecule has 2 aromatic rings. The van der Waals surface area contributed by atoms with Crippen molar-refractivity contribution in [3.05, 3.63) is 51.7 Å². The summed E-state index contributed by atoms with van der Waals surface area (Å²) in [5.41, 5.74) is 2.37. The molecule has 0 saturated heterocycles. The molecule has 27 heavy (non-hydrogen) atoms. The third-order valence-corrected chi connectivity index (χ3v) is 6.70. The fourth-order valence-corrected chi connectivity index (χ4v) is 5.23. The molecule has 1 aliphatic rings. The van der Waals surface area contributed by atoms with E-state index in [2.05, 4.69) is 40.4 Å². The molecule has 146 valence electrons. The van der Waals surface area contributed by atoms with Crippen LogP contribution in [0.5, 0.6) is 0 Å². The number of fused-ring (bicyclic) bond motifs is 1. The van der Waals surface area contributed by atoms with Crippen molar-refractivity contribution in [3.63, 3.8) is 0 Å². The lowest BCUT2D eigenvalue weighted by Gasteiger charge is -2.37. The lowest BCUT2D eigenvalue weighted by atomic mass is 9.89. The highest BCUT2D eigenvalue weighted by Gasteiger charge is 2.30. The second-order valence-corrected chi connectivity index (χ2v) is 9.77. The Hall–Kier alpha value is -1.90. The molecule has 1 aliphatic heterocycles.